The number of anilines is 1. The minimum Gasteiger partial charge on any atom is -0.370 e. The van der Waals surface area contributed by atoms with Crippen LogP contribution >= 0.6 is 0 Å². The molecule has 0 aromatic carbocycles. The Bertz CT molecular complexity index is 325. The maximum Gasteiger partial charge on any atom is 0.124 e. The molecule has 1 aliphatic heterocycles. The SMILES string of the molecule is CC1(C2CCNc3ccnn32)CC1. The third-order valence-electron chi connectivity index (χ3n) is 3.53. The summed E-state index contributed by atoms with van der Waals surface area (Å²) >= 11 is 0. The van der Waals surface area contributed by atoms with E-state index in [1.807, 2.05) is 6.20 Å². The number of aromatic nitrogens is 2. The molecule has 0 spiro atoms. The second kappa shape index (κ2) is 2.28. The van der Waals surface area contributed by atoms with Crippen molar-refractivity contribution in [2.24, 2.45) is 5.41 Å². The highest BCUT2D eigenvalue weighted by atomic mass is 15.4. The molecule has 13 heavy (non-hydrogen) atoms. The van der Waals surface area contributed by atoms with Gasteiger partial charge in [-0.25, -0.2) is 4.68 Å². The highest BCUT2D eigenvalue weighted by Crippen LogP contribution is 2.55. The van der Waals surface area contributed by atoms with Gasteiger partial charge in [0.1, 0.15) is 5.82 Å². The molecule has 3 heteroatoms. The number of hydrogen-bond donors (Lipinski definition) is 1. The second-order valence-corrected chi connectivity index (χ2v) is 4.55. The lowest BCUT2D eigenvalue weighted by Gasteiger charge is -2.30. The number of nitrogens with zero attached hydrogens (tertiary/aromatic N) is 2. The molecule has 0 radical (unpaired) electrons. The van der Waals surface area contributed by atoms with Crippen LogP contribution < -0.4 is 5.32 Å². The van der Waals surface area contributed by atoms with Crippen molar-refractivity contribution in [1.29, 1.82) is 0 Å². The zero-order valence-electron chi connectivity index (χ0n) is 7.95. The van der Waals surface area contributed by atoms with Gasteiger partial charge in [-0.3, -0.25) is 0 Å². The summed E-state index contributed by atoms with van der Waals surface area (Å²) in [5.41, 5.74) is 0.545. The molecule has 1 atom stereocenters. The summed E-state index contributed by atoms with van der Waals surface area (Å²) in [6.07, 6.45) is 5.87. The highest BCUT2D eigenvalue weighted by molar-refractivity contribution is 5.36. The molecule has 0 saturated heterocycles. The number of nitrogens with one attached hydrogen (secondary N) is 1. The van der Waals surface area contributed by atoms with Gasteiger partial charge in [0.05, 0.1) is 12.2 Å². The lowest BCUT2D eigenvalue weighted by molar-refractivity contribution is 0.284. The highest BCUT2D eigenvalue weighted by Gasteiger charge is 2.47. The summed E-state index contributed by atoms with van der Waals surface area (Å²) in [5, 5.41) is 7.77. The minimum atomic E-state index is 0.545. The van der Waals surface area contributed by atoms with E-state index < -0.39 is 0 Å². The first-order valence-corrected chi connectivity index (χ1v) is 5.07. The monoisotopic (exact) mass is 177 g/mol. The molecular weight excluding hydrogens is 162 g/mol. The second-order valence-electron chi connectivity index (χ2n) is 4.55. The van der Waals surface area contributed by atoms with Crippen molar-refractivity contribution in [2.45, 2.75) is 32.2 Å². The molecule has 1 aromatic heterocycles. The lowest BCUT2D eigenvalue weighted by Crippen LogP contribution is -2.28. The van der Waals surface area contributed by atoms with E-state index in [0.717, 1.165) is 6.54 Å². The maximum atomic E-state index is 4.40. The predicted molar refractivity (Wildman–Crippen MR) is 51.7 cm³/mol. The summed E-state index contributed by atoms with van der Waals surface area (Å²) < 4.78 is 2.18. The van der Waals surface area contributed by atoms with E-state index in [-0.39, 0.29) is 0 Å². The Hall–Kier alpha value is -0.990. The zero-order valence-corrected chi connectivity index (χ0v) is 7.95. The van der Waals surface area contributed by atoms with Gasteiger partial charge in [0.2, 0.25) is 0 Å². The van der Waals surface area contributed by atoms with Crippen molar-refractivity contribution in [1.82, 2.24) is 9.78 Å². The van der Waals surface area contributed by atoms with Crippen LogP contribution in [0.4, 0.5) is 5.82 Å². The van der Waals surface area contributed by atoms with Crippen LogP contribution in [0, 0.1) is 5.41 Å². The third-order valence-corrected chi connectivity index (χ3v) is 3.53. The van der Waals surface area contributed by atoms with Crippen LogP contribution in [0.2, 0.25) is 0 Å². The Labute approximate surface area is 78.1 Å². The van der Waals surface area contributed by atoms with Gasteiger partial charge in [0, 0.05) is 12.6 Å². The van der Waals surface area contributed by atoms with Crippen molar-refractivity contribution >= 4 is 5.82 Å². The fourth-order valence-electron chi connectivity index (χ4n) is 2.34. The van der Waals surface area contributed by atoms with E-state index in [9.17, 15) is 0 Å². The molecular formula is C10H15N3. The smallest absolute Gasteiger partial charge is 0.124 e. The molecule has 0 bridgehead atoms. The quantitative estimate of drug-likeness (QED) is 0.711. The number of rotatable bonds is 1. The Kier molecular flexibility index (Phi) is 1.30. The number of hydrogen-bond acceptors (Lipinski definition) is 2. The lowest BCUT2D eigenvalue weighted by atomic mass is 9.95. The van der Waals surface area contributed by atoms with Gasteiger partial charge < -0.3 is 5.32 Å². The predicted octanol–water partition coefficient (Wildman–Crippen LogP) is 2.04. The van der Waals surface area contributed by atoms with Crippen LogP contribution in [0.25, 0.3) is 0 Å². The van der Waals surface area contributed by atoms with E-state index in [4.69, 9.17) is 0 Å². The standard InChI is InChI=1S/C10H15N3/c1-10(4-5-10)8-2-6-11-9-3-7-12-13(8)9/h3,7-8,11H,2,4-6H2,1H3. The van der Waals surface area contributed by atoms with Gasteiger partial charge in [-0.05, 0) is 24.7 Å². The fourth-order valence-corrected chi connectivity index (χ4v) is 2.34. The average molecular weight is 177 g/mol. The summed E-state index contributed by atoms with van der Waals surface area (Å²) in [6.45, 7) is 3.49. The van der Waals surface area contributed by atoms with Gasteiger partial charge in [-0.2, -0.15) is 5.10 Å². The van der Waals surface area contributed by atoms with Gasteiger partial charge in [0.15, 0.2) is 0 Å². The van der Waals surface area contributed by atoms with Gasteiger partial charge >= 0.3 is 0 Å². The topological polar surface area (TPSA) is 29.9 Å². The Morgan fingerprint density at radius 3 is 3.23 bits per heavy atom. The Morgan fingerprint density at radius 1 is 1.62 bits per heavy atom. The fraction of sp³-hybridized carbons (Fsp3) is 0.700. The molecule has 1 saturated carbocycles. The van der Waals surface area contributed by atoms with E-state index in [1.54, 1.807) is 0 Å². The first-order chi connectivity index (χ1) is 6.30. The summed E-state index contributed by atoms with van der Waals surface area (Å²) in [5.74, 6) is 1.20. The molecule has 70 valence electrons. The normalized spacial score (nSPS) is 29.2. The van der Waals surface area contributed by atoms with Crippen LogP contribution in [0.5, 0.6) is 0 Å². The zero-order chi connectivity index (χ0) is 8.89. The van der Waals surface area contributed by atoms with E-state index in [1.165, 1.54) is 25.1 Å². The minimum absolute atomic E-state index is 0.545. The Morgan fingerprint density at radius 2 is 2.46 bits per heavy atom. The molecule has 1 aromatic rings. The van der Waals surface area contributed by atoms with Crippen molar-refractivity contribution in [3.63, 3.8) is 0 Å². The van der Waals surface area contributed by atoms with Gasteiger partial charge in [-0.15, -0.1) is 0 Å². The van der Waals surface area contributed by atoms with E-state index >= 15 is 0 Å². The first kappa shape index (κ1) is 7.42. The molecule has 2 heterocycles. The van der Waals surface area contributed by atoms with Crippen LogP contribution in [0.15, 0.2) is 12.3 Å². The largest absolute Gasteiger partial charge is 0.370 e. The summed E-state index contributed by atoms with van der Waals surface area (Å²) in [7, 11) is 0. The van der Waals surface area contributed by atoms with Crippen molar-refractivity contribution < 1.29 is 0 Å². The van der Waals surface area contributed by atoms with Crippen LogP contribution in [0.1, 0.15) is 32.2 Å². The molecule has 2 aliphatic rings. The van der Waals surface area contributed by atoms with Crippen LogP contribution in [-0.2, 0) is 0 Å². The van der Waals surface area contributed by atoms with Crippen molar-refractivity contribution in [2.75, 3.05) is 11.9 Å². The molecule has 3 nitrogen and oxygen atoms in total. The molecule has 3 rings (SSSR count). The molecule has 1 aliphatic carbocycles. The van der Waals surface area contributed by atoms with Gasteiger partial charge in [0.25, 0.3) is 0 Å². The van der Waals surface area contributed by atoms with Gasteiger partial charge in [-0.1, -0.05) is 6.92 Å². The summed E-state index contributed by atoms with van der Waals surface area (Å²) in [6, 6.07) is 2.71. The molecule has 1 fully saturated rings. The maximum absolute atomic E-state index is 4.40. The number of fused-ring (bicyclic) bond motifs is 1. The Balaban J connectivity index is 2.00. The molecule has 0 amide bonds. The van der Waals surface area contributed by atoms with Crippen molar-refractivity contribution in [3.8, 4) is 0 Å². The molecule has 1 N–H and O–H groups in total. The third kappa shape index (κ3) is 0.992. The average Bonchev–Trinajstić information content (AvgIpc) is 2.72. The van der Waals surface area contributed by atoms with E-state index in [0.29, 0.717) is 11.5 Å². The first-order valence-electron chi connectivity index (χ1n) is 5.07. The van der Waals surface area contributed by atoms with E-state index in [2.05, 4.69) is 28.1 Å². The van der Waals surface area contributed by atoms with Crippen molar-refractivity contribution in [3.05, 3.63) is 12.3 Å². The van der Waals surface area contributed by atoms with Crippen LogP contribution in [0.3, 0.4) is 0 Å². The summed E-state index contributed by atoms with van der Waals surface area (Å²) in [4.78, 5) is 0. The molecule has 1 unspecified atom stereocenters. The van der Waals surface area contributed by atoms with Crippen LogP contribution in [-0.4, -0.2) is 16.3 Å².